The number of amides is 1. The molecule has 1 saturated carbocycles. The average molecular weight is 773 g/mol. The smallest absolute Gasteiger partial charge is 0.387 e. The van der Waals surface area contributed by atoms with Crippen molar-refractivity contribution < 1.29 is 37.0 Å². The number of carbonyl (C=O) groups excluding carboxylic acids is 2. The van der Waals surface area contributed by atoms with Crippen LogP contribution in [0.15, 0.2) is 42.5 Å². The first kappa shape index (κ1) is 37.0. The van der Waals surface area contributed by atoms with Gasteiger partial charge in [0.1, 0.15) is 29.2 Å². The van der Waals surface area contributed by atoms with Gasteiger partial charge in [0.25, 0.3) is 5.91 Å². The second kappa shape index (κ2) is 15.2. The van der Waals surface area contributed by atoms with Crippen LogP contribution in [-0.2, 0) is 42.5 Å². The quantitative estimate of drug-likeness (QED) is 0.141. The Kier molecular flexibility index (Phi) is 10.6. The number of nitrogens with one attached hydrogen (secondary N) is 1. The van der Waals surface area contributed by atoms with Crippen LogP contribution in [0.5, 0.6) is 11.5 Å². The standard InChI is InChI=1S/C38H38Cl2F3N5O5/c1-19(18-51-37(50)20-9-10-20)48-14-13-28-27(17-48)45-35(47(28)2)36(49)46-26-8-4-7-24(32(26)39)21-5-3-6-23-22(21)11-12-29(23)52-31-15-30(53-38(42)43)25(16-44)34(41)33(31)40/h3-8,15,19-20,29,38H,9-14,16-18,44H2,1-2H3,(H,46,49). The van der Waals surface area contributed by atoms with E-state index >= 15 is 4.39 Å². The van der Waals surface area contributed by atoms with Crippen molar-refractivity contribution in [3.63, 3.8) is 0 Å². The number of hydrogen-bond donors (Lipinski definition) is 2. The van der Waals surface area contributed by atoms with Crippen molar-refractivity contribution in [1.82, 2.24) is 14.5 Å². The second-order valence-corrected chi connectivity index (χ2v) is 14.3. The molecule has 7 rings (SSSR count). The minimum Gasteiger partial charge on any atom is -0.484 e. The Morgan fingerprint density at radius 2 is 1.81 bits per heavy atom. The van der Waals surface area contributed by atoms with Crippen LogP contribution in [0.2, 0.25) is 10.0 Å². The Morgan fingerprint density at radius 3 is 2.55 bits per heavy atom. The summed E-state index contributed by atoms with van der Waals surface area (Å²) in [6.07, 6.45) is 2.99. The summed E-state index contributed by atoms with van der Waals surface area (Å²) in [7, 11) is 1.82. The largest absolute Gasteiger partial charge is 0.484 e. The highest BCUT2D eigenvalue weighted by Gasteiger charge is 2.34. The van der Waals surface area contributed by atoms with Crippen molar-refractivity contribution in [2.75, 3.05) is 18.5 Å². The lowest BCUT2D eigenvalue weighted by Crippen LogP contribution is -2.41. The topological polar surface area (TPSA) is 121 Å². The molecule has 2 unspecified atom stereocenters. The van der Waals surface area contributed by atoms with Gasteiger partial charge in [0.2, 0.25) is 0 Å². The lowest BCUT2D eigenvalue weighted by atomic mass is 9.96. The van der Waals surface area contributed by atoms with Gasteiger partial charge in [0.15, 0.2) is 11.6 Å². The molecule has 0 saturated heterocycles. The minimum absolute atomic E-state index is 0.0111. The van der Waals surface area contributed by atoms with E-state index in [4.69, 9.17) is 43.4 Å². The van der Waals surface area contributed by atoms with Gasteiger partial charge in [-0.05, 0) is 55.4 Å². The van der Waals surface area contributed by atoms with E-state index in [1.165, 1.54) is 0 Å². The summed E-state index contributed by atoms with van der Waals surface area (Å²) in [6, 6.07) is 12.1. The first-order valence-corrected chi connectivity index (χ1v) is 18.2. The minimum atomic E-state index is -3.20. The molecular weight excluding hydrogens is 734 g/mol. The molecule has 1 aliphatic heterocycles. The lowest BCUT2D eigenvalue weighted by molar-refractivity contribution is -0.147. The third-order valence-corrected chi connectivity index (χ3v) is 10.9. The predicted octanol–water partition coefficient (Wildman–Crippen LogP) is 7.61. The highest BCUT2D eigenvalue weighted by Crippen LogP contribution is 2.45. The monoisotopic (exact) mass is 771 g/mol. The molecule has 3 aliphatic rings. The number of carbonyl (C=O) groups is 2. The third-order valence-electron chi connectivity index (χ3n) is 10.2. The number of anilines is 1. The van der Waals surface area contributed by atoms with E-state index < -0.39 is 36.7 Å². The number of imidazole rings is 1. The van der Waals surface area contributed by atoms with Gasteiger partial charge in [0.05, 0.1) is 22.3 Å². The van der Waals surface area contributed by atoms with E-state index in [2.05, 4.69) is 15.0 Å². The molecule has 1 aromatic heterocycles. The number of aromatic nitrogens is 2. The second-order valence-electron chi connectivity index (χ2n) is 13.6. The number of hydrogen-bond acceptors (Lipinski definition) is 8. The van der Waals surface area contributed by atoms with Crippen LogP contribution in [0.3, 0.4) is 0 Å². The summed E-state index contributed by atoms with van der Waals surface area (Å²) in [6.45, 7) is 0.0222. The van der Waals surface area contributed by atoms with E-state index in [0.29, 0.717) is 48.7 Å². The van der Waals surface area contributed by atoms with E-state index in [-0.39, 0.29) is 40.1 Å². The van der Waals surface area contributed by atoms with E-state index in [1.54, 1.807) is 12.1 Å². The molecule has 0 spiro atoms. The first-order chi connectivity index (χ1) is 25.4. The Balaban J connectivity index is 1.08. The molecular formula is C38H38Cl2F3N5O5. The summed E-state index contributed by atoms with van der Waals surface area (Å²) in [5.74, 6) is -1.80. The number of rotatable bonds is 12. The number of esters is 1. The first-order valence-electron chi connectivity index (χ1n) is 17.4. The van der Waals surface area contributed by atoms with Gasteiger partial charge in [-0.3, -0.25) is 14.5 Å². The number of nitrogens with zero attached hydrogens (tertiary/aromatic N) is 3. The van der Waals surface area contributed by atoms with Crippen molar-refractivity contribution in [3.8, 4) is 22.6 Å². The van der Waals surface area contributed by atoms with Crippen LogP contribution in [-0.4, -0.2) is 52.1 Å². The molecule has 15 heteroatoms. The normalized spacial score (nSPS) is 17.3. The van der Waals surface area contributed by atoms with Gasteiger partial charge in [-0.15, -0.1) is 0 Å². The summed E-state index contributed by atoms with van der Waals surface area (Å²) in [4.78, 5) is 32.6. The molecule has 4 aromatic rings. The van der Waals surface area contributed by atoms with Crippen molar-refractivity contribution >= 4 is 40.8 Å². The van der Waals surface area contributed by atoms with Crippen molar-refractivity contribution in [2.24, 2.45) is 18.7 Å². The third kappa shape index (κ3) is 7.44. The number of alkyl halides is 2. The Hall–Kier alpha value is -4.30. The molecule has 10 nitrogen and oxygen atoms in total. The molecule has 0 radical (unpaired) electrons. The maximum absolute atomic E-state index is 15.0. The fourth-order valence-corrected chi connectivity index (χ4v) is 7.62. The zero-order valence-corrected chi connectivity index (χ0v) is 30.6. The van der Waals surface area contributed by atoms with Crippen LogP contribution in [0.25, 0.3) is 11.1 Å². The molecule has 0 bridgehead atoms. The predicted molar refractivity (Wildman–Crippen MR) is 193 cm³/mol. The van der Waals surface area contributed by atoms with Gasteiger partial charge in [-0.1, -0.05) is 53.5 Å². The zero-order valence-electron chi connectivity index (χ0n) is 29.1. The van der Waals surface area contributed by atoms with Crippen molar-refractivity contribution in [3.05, 3.63) is 92.2 Å². The highest BCUT2D eigenvalue weighted by atomic mass is 35.5. The average Bonchev–Trinajstić information content (AvgIpc) is 3.84. The van der Waals surface area contributed by atoms with E-state index in [9.17, 15) is 18.4 Å². The Bertz CT molecular complexity index is 2070. The van der Waals surface area contributed by atoms with Crippen LogP contribution < -0.4 is 20.5 Å². The van der Waals surface area contributed by atoms with Gasteiger partial charge < -0.3 is 29.8 Å². The summed E-state index contributed by atoms with van der Waals surface area (Å²) >= 11 is 13.2. The summed E-state index contributed by atoms with van der Waals surface area (Å²) < 4.78 is 59.1. The van der Waals surface area contributed by atoms with Gasteiger partial charge in [-0.2, -0.15) is 8.78 Å². The van der Waals surface area contributed by atoms with Crippen molar-refractivity contribution in [2.45, 2.75) is 70.9 Å². The maximum atomic E-state index is 15.0. The molecule has 2 atom stereocenters. The molecule has 280 valence electrons. The Labute approximate surface area is 314 Å². The number of halogens is 5. The van der Waals surface area contributed by atoms with Crippen LogP contribution in [0, 0.1) is 11.7 Å². The fourth-order valence-electron chi connectivity index (χ4n) is 7.13. The molecule has 1 amide bonds. The Morgan fingerprint density at radius 1 is 1.06 bits per heavy atom. The summed E-state index contributed by atoms with van der Waals surface area (Å²) in [5.41, 5.74) is 10.7. The number of ether oxygens (including phenoxy) is 3. The summed E-state index contributed by atoms with van der Waals surface area (Å²) in [5, 5.41) is 2.89. The van der Waals surface area contributed by atoms with Crippen LogP contribution in [0.4, 0.5) is 18.9 Å². The zero-order chi connectivity index (χ0) is 37.6. The molecule has 2 aliphatic carbocycles. The molecule has 2 heterocycles. The molecule has 1 fully saturated rings. The lowest BCUT2D eigenvalue weighted by Gasteiger charge is -2.31. The van der Waals surface area contributed by atoms with Crippen molar-refractivity contribution in [1.29, 1.82) is 0 Å². The van der Waals surface area contributed by atoms with Crippen LogP contribution in [0.1, 0.15) is 71.0 Å². The van der Waals surface area contributed by atoms with Gasteiger partial charge >= 0.3 is 12.6 Å². The molecule has 3 aromatic carbocycles. The number of nitrogens with two attached hydrogens (primary N) is 1. The number of benzene rings is 3. The maximum Gasteiger partial charge on any atom is 0.387 e. The molecule has 53 heavy (non-hydrogen) atoms. The molecule has 3 N–H and O–H groups in total. The van der Waals surface area contributed by atoms with E-state index in [0.717, 1.165) is 53.5 Å². The van der Waals surface area contributed by atoms with E-state index in [1.807, 2.05) is 42.8 Å². The fraction of sp³-hybridized carbons (Fsp3) is 0.395. The highest BCUT2D eigenvalue weighted by molar-refractivity contribution is 6.36. The van der Waals surface area contributed by atoms with Crippen LogP contribution >= 0.6 is 23.2 Å². The van der Waals surface area contributed by atoms with Gasteiger partial charge in [0, 0.05) is 62.0 Å². The SMILES string of the molecule is CC(COC(=O)C1CC1)N1CCc2c(nc(C(=O)Nc3cccc(-c4cccc5c4CCC5Oc4cc(OC(F)F)c(CN)c(F)c4Cl)c3Cl)n2C)C1. The van der Waals surface area contributed by atoms with Gasteiger partial charge in [-0.25, -0.2) is 9.37 Å². The number of fused-ring (bicyclic) bond motifs is 2.